The van der Waals surface area contributed by atoms with Gasteiger partial charge in [0.15, 0.2) is 0 Å². The van der Waals surface area contributed by atoms with Gasteiger partial charge < -0.3 is 15.7 Å². The fourth-order valence-corrected chi connectivity index (χ4v) is 3.53. The molecule has 0 atom stereocenters. The van der Waals surface area contributed by atoms with E-state index in [4.69, 9.17) is 11.0 Å². The van der Waals surface area contributed by atoms with Gasteiger partial charge in [-0.15, -0.1) is 0 Å². The van der Waals surface area contributed by atoms with Crippen LogP contribution < -0.4 is 15.6 Å². The van der Waals surface area contributed by atoms with Crippen LogP contribution in [0.2, 0.25) is 0 Å². The lowest BCUT2D eigenvalue weighted by molar-refractivity contribution is -0.131. The molecule has 184 valence electrons. The average molecular weight is 476 g/mol. The molecule has 2 aromatic carbocycles. The number of carbonyl (C=O) groups excluding carboxylic acids is 1. The van der Waals surface area contributed by atoms with Crippen LogP contribution in [0.3, 0.4) is 0 Å². The Morgan fingerprint density at radius 2 is 1.69 bits per heavy atom. The van der Waals surface area contributed by atoms with Crippen LogP contribution >= 0.6 is 0 Å². The number of hydrazone groups is 1. The second kappa shape index (κ2) is 13.6. The second-order valence-electron chi connectivity index (χ2n) is 8.19. The number of primary amides is 1. The smallest absolute Gasteiger partial charge is 0.340 e. The molecule has 0 unspecified atom stereocenters. The first-order chi connectivity index (χ1) is 16.8. The van der Waals surface area contributed by atoms with Gasteiger partial charge in [-0.25, -0.2) is 9.59 Å². The standard InChI is InChI=1S/C27H33N5O3/c1-4-6-14-31(15-7-5-2)24-13-12-23(20(3)16-26(33)34)17-25(24)32(27(29)35)30-19-22-10-8-21(18-28)9-11-22/h8-13,16-17,19H,4-7,14-15H2,1-3H3,(H2,29,35)(H,33,34)/b20-16+,30-19+. The molecule has 3 N–H and O–H groups in total. The molecule has 8 nitrogen and oxygen atoms in total. The Bertz CT molecular complexity index is 1110. The topological polar surface area (TPSA) is 123 Å². The van der Waals surface area contributed by atoms with Gasteiger partial charge in [0.25, 0.3) is 0 Å². The molecule has 0 aliphatic heterocycles. The zero-order valence-electron chi connectivity index (χ0n) is 20.6. The van der Waals surface area contributed by atoms with Crippen molar-refractivity contribution < 1.29 is 14.7 Å². The molecule has 0 aliphatic carbocycles. The van der Waals surface area contributed by atoms with Crippen molar-refractivity contribution >= 4 is 35.2 Å². The number of unbranched alkanes of at least 4 members (excludes halogenated alkanes) is 2. The third kappa shape index (κ3) is 8.00. The maximum absolute atomic E-state index is 12.5. The van der Waals surface area contributed by atoms with Crippen LogP contribution in [0, 0.1) is 11.3 Å². The van der Waals surface area contributed by atoms with Crippen LogP contribution in [-0.4, -0.2) is 36.4 Å². The van der Waals surface area contributed by atoms with Crippen molar-refractivity contribution in [3.05, 3.63) is 65.2 Å². The van der Waals surface area contributed by atoms with Crippen molar-refractivity contribution in [3.8, 4) is 6.07 Å². The highest BCUT2D eigenvalue weighted by molar-refractivity contribution is 5.98. The first kappa shape index (κ1) is 27.1. The Hall–Kier alpha value is -4.12. The van der Waals surface area contributed by atoms with Crippen molar-refractivity contribution in [3.63, 3.8) is 0 Å². The molecule has 0 heterocycles. The molecule has 0 radical (unpaired) electrons. The SMILES string of the molecule is CCCCN(CCCC)c1ccc(/C(C)=C/C(=O)O)cc1N(/N=C/c1ccc(C#N)cc1)C(N)=O. The van der Waals surface area contributed by atoms with Crippen LogP contribution in [0.15, 0.2) is 53.6 Å². The molecule has 0 spiro atoms. The number of nitrogens with two attached hydrogens (primary N) is 1. The minimum atomic E-state index is -1.05. The van der Waals surface area contributed by atoms with Crippen molar-refractivity contribution in [1.29, 1.82) is 5.26 Å². The molecule has 2 aromatic rings. The molecule has 0 fully saturated rings. The van der Waals surface area contributed by atoms with E-state index in [9.17, 15) is 14.7 Å². The summed E-state index contributed by atoms with van der Waals surface area (Å²) < 4.78 is 0. The third-order valence-electron chi connectivity index (χ3n) is 5.47. The normalized spacial score (nSPS) is 11.3. The van der Waals surface area contributed by atoms with Gasteiger partial charge in [-0.05, 0) is 60.7 Å². The molecule has 8 heteroatoms. The van der Waals surface area contributed by atoms with Crippen molar-refractivity contribution in [2.45, 2.75) is 46.5 Å². The molecule has 0 aliphatic rings. The second-order valence-corrected chi connectivity index (χ2v) is 8.19. The van der Waals surface area contributed by atoms with Crippen LogP contribution in [0.25, 0.3) is 5.57 Å². The van der Waals surface area contributed by atoms with Gasteiger partial charge in [0.2, 0.25) is 0 Å². The molecule has 2 rings (SSSR count). The number of rotatable bonds is 12. The van der Waals surface area contributed by atoms with E-state index in [1.54, 1.807) is 37.3 Å². The van der Waals surface area contributed by atoms with Gasteiger partial charge in [-0.1, -0.05) is 44.9 Å². The maximum atomic E-state index is 12.5. The number of urea groups is 1. The summed E-state index contributed by atoms with van der Waals surface area (Å²) in [5.41, 5.74) is 9.44. The van der Waals surface area contributed by atoms with Gasteiger partial charge in [-0.2, -0.15) is 15.4 Å². The van der Waals surface area contributed by atoms with Gasteiger partial charge in [0.1, 0.15) is 0 Å². The van der Waals surface area contributed by atoms with Gasteiger partial charge in [0.05, 0.1) is 29.2 Å². The summed E-state index contributed by atoms with van der Waals surface area (Å²) >= 11 is 0. The molecular formula is C27H33N5O3. The number of nitrogens with zero attached hydrogens (tertiary/aromatic N) is 4. The van der Waals surface area contributed by atoms with Crippen LogP contribution in [0.4, 0.5) is 16.2 Å². The highest BCUT2D eigenvalue weighted by Crippen LogP contribution is 2.34. The summed E-state index contributed by atoms with van der Waals surface area (Å²) in [6.07, 6.45) is 6.63. The zero-order valence-corrected chi connectivity index (χ0v) is 20.6. The van der Waals surface area contributed by atoms with Gasteiger partial charge in [-0.3, -0.25) is 0 Å². The number of amides is 2. The Kier molecular flexibility index (Phi) is 10.5. The number of hydrogen-bond donors (Lipinski definition) is 2. The first-order valence-electron chi connectivity index (χ1n) is 11.7. The number of aliphatic carboxylic acids is 1. The minimum absolute atomic E-state index is 0.477. The van der Waals surface area contributed by atoms with E-state index < -0.39 is 12.0 Å². The number of hydrogen-bond acceptors (Lipinski definition) is 5. The van der Waals surface area contributed by atoms with Crippen LogP contribution in [0.5, 0.6) is 0 Å². The van der Waals surface area contributed by atoms with Gasteiger partial charge in [0, 0.05) is 19.2 Å². The minimum Gasteiger partial charge on any atom is -0.478 e. The summed E-state index contributed by atoms with van der Waals surface area (Å²) in [5.74, 6) is -1.05. The van der Waals surface area contributed by atoms with E-state index >= 15 is 0 Å². The van der Waals surface area contributed by atoms with E-state index in [0.29, 0.717) is 28.0 Å². The predicted molar refractivity (Wildman–Crippen MR) is 141 cm³/mol. The third-order valence-corrected chi connectivity index (χ3v) is 5.47. The lowest BCUT2D eigenvalue weighted by Gasteiger charge is -2.29. The van der Waals surface area contributed by atoms with Crippen LogP contribution in [0.1, 0.15) is 63.1 Å². The Labute approximate surface area is 207 Å². The van der Waals surface area contributed by atoms with E-state index in [0.717, 1.165) is 55.5 Å². The van der Waals surface area contributed by atoms with E-state index in [1.807, 2.05) is 12.1 Å². The lowest BCUT2D eigenvalue weighted by Crippen LogP contribution is -2.34. The highest BCUT2D eigenvalue weighted by atomic mass is 16.4. The Morgan fingerprint density at radius 3 is 2.20 bits per heavy atom. The Morgan fingerprint density at radius 1 is 1.06 bits per heavy atom. The lowest BCUT2D eigenvalue weighted by atomic mass is 10.0. The summed E-state index contributed by atoms with van der Waals surface area (Å²) in [6, 6.07) is 13.6. The number of carboxylic acid groups (broad SMARTS) is 1. The molecule has 0 saturated heterocycles. The molecule has 35 heavy (non-hydrogen) atoms. The monoisotopic (exact) mass is 475 g/mol. The molecule has 0 aromatic heterocycles. The fourth-order valence-electron chi connectivity index (χ4n) is 3.53. The molecule has 0 saturated carbocycles. The van der Waals surface area contributed by atoms with E-state index in [2.05, 4.69) is 29.9 Å². The maximum Gasteiger partial charge on any atom is 0.340 e. The van der Waals surface area contributed by atoms with Gasteiger partial charge >= 0.3 is 12.0 Å². The first-order valence-corrected chi connectivity index (χ1v) is 11.7. The summed E-state index contributed by atoms with van der Waals surface area (Å²) in [4.78, 5) is 26.0. The summed E-state index contributed by atoms with van der Waals surface area (Å²) in [5, 5.41) is 23.7. The zero-order chi connectivity index (χ0) is 25.8. The van der Waals surface area contributed by atoms with E-state index in [1.165, 1.54) is 6.21 Å². The highest BCUT2D eigenvalue weighted by Gasteiger charge is 2.20. The molecular weight excluding hydrogens is 442 g/mol. The number of nitriles is 1. The number of carbonyl (C=O) groups is 2. The number of anilines is 2. The van der Waals surface area contributed by atoms with Crippen LogP contribution in [-0.2, 0) is 4.79 Å². The fraction of sp³-hybridized carbons (Fsp3) is 0.333. The Balaban J connectivity index is 2.61. The summed E-state index contributed by atoms with van der Waals surface area (Å²) in [6.45, 7) is 7.56. The van der Waals surface area contributed by atoms with Crippen molar-refractivity contribution in [2.75, 3.05) is 23.0 Å². The largest absolute Gasteiger partial charge is 0.478 e. The average Bonchev–Trinajstić information content (AvgIpc) is 2.84. The number of allylic oxidation sites excluding steroid dienone is 1. The predicted octanol–water partition coefficient (Wildman–Crippen LogP) is 5.37. The molecule has 0 bridgehead atoms. The quantitative estimate of drug-likeness (QED) is 0.243. The van der Waals surface area contributed by atoms with E-state index in [-0.39, 0.29) is 0 Å². The summed E-state index contributed by atoms with van der Waals surface area (Å²) in [7, 11) is 0. The number of benzene rings is 2. The van der Waals surface area contributed by atoms with Crippen molar-refractivity contribution in [2.24, 2.45) is 10.8 Å². The number of carboxylic acids is 1. The van der Waals surface area contributed by atoms with Crippen molar-refractivity contribution in [1.82, 2.24) is 0 Å². The molecule has 2 amide bonds.